The third-order valence-electron chi connectivity index (χ3n) is 6.91. The quantitative estimate of drug-likeness (QED) is 0.179. The molecule has 0 spiro atoms. The Kier molecular flexibility index (Phi) is 8.67. The summed E-state index contributed by atoms with van der Waals surface area (Å²) in [7, 11) is 0. The molecule has 1 heterocycles. The van der Waals surface area contributed by atoms with Crippen molar-refractivity contribution in [3.63, 3.8) is 0 Å². The first-order valence-electron chi connectivity index (χ1n) is 13.8. The number of ketones is 1. The van der Waals surface area contributed by atoms with E-state index >= 15 is 0 Å². The van der Waals surface area contributed by atoms with E-state index in [1.54, 1.807) is 24.3 Å². The average molecular weight is 542 g/mol. The minimum Gasteiger partial charge on any atom is -0.507 e. The number of carbonyl (C=O) groups excluding carboxylic acids is 2. The van der Waals surface area contributed by atoms with E-state index in [0.717, 1.165) is 16.7 Å². The number of likely N-dealkylation sites (tertiary alicyclic amines) is 1. The molecule has 0 radical (unpaired) electrons. The van der Waals surface area contributed by atoms with Gasteiger partial charge in [-0.25, -0.2) is 0 Å². The lowest BCUT2D eigenvalue weighted by Crippen LogP contribution is -2.29. The van der Waals surface area contributed by atoms with E-state index in [9.17, 15) is 14.7 Å². The molecule has 1 atom stereocenters. The average Bonchev–Trinajstić information content (AvgIpc) is 3.16. The Morgan fingerprint density at radius 2 is 1.60 bits per heavy atom. The number of ether oxygens (including phenoxy) is 2. The van der Waals surface area contributed by atoms with Crippen LogP contribution in [0, 0.1) is 5.92 Å². The molecule has 6 heteroatoms. The fourth-order valence-corrected chi connectivity index (χ4v) is 4.78. The van der Waals surface area contributed by atoms with Crippen molar-refractivity contribution in [1.29, 1.82) is 0 Å². The molecule has 1 aliphatic rings. The third kappa shape index (κ3) is 6.39. The number of Topliss-reactive ketones (excluding diaryl/α,β-unsaturated/α-hetero) is 1. The summed E-state index contributed by atoms with van der Waals surface area (Å²) in [5.41, 5.74) is 3.19. The van der Waals surface area contributed by atoms with Gasteiger partial charge in [-0.05, 0) is 71.3 Å². The number of aliphatic hydroxyl groups excluding tert-OH is 1. The second-order valence-corrected chi connectivity index (χ2v) is 11.6. The predicted molar refractivity (Wildman–Crippen MR) is 157 cm³/mol. The second-order valence-electron chi connectivity index (χ2n) is 11.6. The molecule has 210 valence electrons. The molecule has 3 aromatic rings. The van der Waals surface area contributed by atoms with Crippen LogP contribution < -0.4 is 9.47 Å². The number of aliphatic hydroxyl groups is 1. The van der Waals surface area contributed by atoms with Crippen LogP contribution in [0.5, 0.6) is 11.5 Å². The van der Waals surface area contributed by atoms with Crippen LogP contribution in [0.25, 0.3) is 5.76 Å². The van der Waals surface area contributed by atoms with Crippen LogP contribution in [0.3, 0.4) is 0 Å². The summed E-state index contributed by atoms with van der Waals surface area (Å²) in [4.78, 5) is 28.5. The third-order valence-corrected chi connectivity index (χ3v) is 6.91. The van der Waals surface area contributed by atoms with Crippen molar-refractivity contribution in [3.05, 3.63) is 101 Å². The van der Waals surface area contributed by atoms with Gasteiger partial charge in [-0.2, -0.15) is 0 Å². The fourth-order valence-electron chi connectivity index (χ4n) is 4.78. The van der Waals surface area contributed by atoms with Crippen LogP contribution in [-0.2, 0) is 21.5 Å². The van der Waals surface area contributed by atoms with Crippen molar-refractivity contribution in [2.45, 2.75) is 59.5 Å². The number of rotatable bonds is 9. The molecule has 0 aromatic heterocycles. The molecule has 3 aromatic carbocycles. The van der Waals surface area contributed by atoms with Crippen molar-refractivity contribution < 1.29 is 24.2 Å². The second kappa shape index (κ2) is 12.0. The van der Waals surface area contributed by atoms with Gasteiger partial charge in [0.2, 0.25) is 0 Å². The molecule has 0 saturated carbocycles. The largest absolute Gasteiger partial charge is 0.507 e. The maximum Gasteiger partial charge on any atom is 0.295 e. The van der Waals surface area contributed by atoms with Crippen LogP contribution in [0.2, 0.25) is 0 Å². The molecule has 0 bridgehead atoms. The van der Waals surface area contributed by atoms with Crippen LogP contribution in [0.4, 0.5) is 0 Å². The van der Waals surface area contributed by atoms with Crippen molar-refractivity contribution >= 4 is 17.4 Å². The van der Waals surface area contributed by atoms with E-state index in [2.05, 4.69) is 34.6 Å². The maximum atomic E-state index is 13.5. The molecular weight excluding hydrogens is 502 g/mol. The maximum absolute atomic E-state index is 13.5. The van der Waals surface area contributed by atoms with Crippen molar-refractivity contribution in [2.24, 2.45) is 5.92 Å². The Labute approximate surface area is 237 Å². The topological polar surface area (TPSA) is 76.1 Å². The molecule has 4 rings (SSSR count). The van der Waals surface area contributed by atoms with Gasteiger partial charge in [0.15, 0.2) is 0 Å². The van der Waals surface area contributed by atoms with E-state index in [-0.39, 0.29) is 23.3 Å². The van der Waals surface area contributed by atoms with Crippen molar-refractivity contribution in [3.8, 4) is 11.5 Å². The molecule has 1 unspecified atom stereocenters. The van der Waals surface area contributed by atoms with E-state index < -0.39 is 17.7 Å². The van der Waals surface area contributed by atoms with Gasteiger partial charge < -0.3 is 19.5 Å². The molecule has 0 aliphatic carbocycles. The van der Waals surface area contributed by atoms with Gasteiger partial charge in [0.25, 0.3) is 11.7 Å². The summed E-state index contributed by atoms with van der Waals surface area (Å²) < 4.78 is 11.4. The molecule has 1 N–H and O–H groups in total. The molecular formula is C34H39NO5. The van der Waals surface area contributed by atoms with Crippen LogP contribution in [0.15, 0.2) is 78.4 Å². The molecule has 1 fully saturated rings. The minimum atomic E-state index is -0.748. The summed E-state index contributed by atoms with van der Waals surface area (Å²) in [6, 6.07) is 21.6. The Hall–Kier alpha value is -4.06. The first-order chi connectivity index (χ1) is 19.0. The van der Waals surface area contributed by atoms with Gasteiger partial charge in [-0.3, -0.25) is 9.59 Å². The summed E-state index contributed by atoms with van der Waals surface area (Å²) in [6.45, 7) is 13.7. The van der Waals surface area contributed by atoms with Gasteiger partial charge >= 0.3 is 0 Å². The molecule has 1 saturated heterocycles. The fraction of sp³-hybridized carbons (Fsp3) is 0.353. The Morgan fingerprint density at radius 1 is 0.925 bits per heavy atom. The SMILES string of the molecule is CCOc1cccc(CN2C(=O)C(=O)/C(=C(\O)c3ccc(OCC(C)C)cc3)C2c2ccc(C(C)(C)C)cc2)c1. The highest BCUT2D eigenvalue weighted by atomic mass is 16.5. The Balaban J connectivity index is 1.77. The zero-order valence-corrected chi connectivity index (χ0v) is 24.2. The highest BCUT2D eigenvalue weighted by Gasteiger charge is 2.46. The van der Waals surface area contributed by atoms with E-state index in [1.165, 1.54) is 4.90 Å². The monoisotopic (exact) mass is 541 g/mol. The van der Waals surface area contributed by atoms with Crippen LogP contribution in [-0.4, -0.2) is 34.9 Å². The van der Waals surface area contributed by atoms with E-state index in [1.807, 2.05) is 55.5 Å². The lowest BCUT2D eigenvalue weighted by molar-refractivity contribution is -0.140. The number of benzene rings is 3. The Morgan fingerprint density at radius 3 is 2.20 bits per heavy atom. The lowest BCUT2D eigenvalue weighted by atomic mass is 9.85. The zero-order valence-electron chi connectivity index (χ0n) is 24.2. The van der Waals surface area contributed by atoms with Gasteiger partial charge in [-0.15, -0.1) is 0 Å². The highest BCUT2D eigenvalue weighted by Crippen LogP contribution is 2.41. The summed E-state index contributed by atoms with van der Waals surface area (Å²) >= 11 is 0. The standard InChI is InChI=1S/C34H39NO5/c1-7-39-28-10-8-9-23(19-28)20-35-30(24-11-15-26(16-12-24)34(4,5)6)29(32(37)33(35)38)31(36)25-13-17-27(18-14-25)40-21-22(2)3/h8-19,22,30,36H,7,20-21H2,1-6H3/b31-29-. The number of hydrogen-bond donors (Lipinski definition) is 1. The minimum absolute atomic E-state index is 0.0561. The molecule has 6 nitrogen and oxygen atoms in total. The normalized spacial score (nSPS) is 17.0. The Bertz CT molecular complexity index is 1380. The van der Waals surface area contributed by atoms with E-state index in [0.29, 0.717) is 36.2 Å². The van der Waals surface area contributed by atoms with Gasteiger partial charge in [0, 0.05) is 12.1 Å². The summed E-state index contributed by atoms with van der Waals surface area (Å²) in [5, 5.41) is 11.5. The number of nitrogens with zero attached hydrogens (tertiary/aromatic N) is 1. The highest BCUT2D eigenvalue weighted by molar-refractivity contribution is 6.46. The molecule has 40 heavy (non-hydrogen) atoms. The summed E-state index contributed by atoms with van der Waals surface area (Å²) in [6.07, 6.45) is 0. The zero-order chi connectivity index (χ0) is 29.0. The summed E-state index contributed by atoms with van der Waals surface area (Å²) in [5.74, 6) is 0.192. The van der Waals surface area contributed by atoms with Crippen LogP contribution in [0.1, 0.15) is 69.8 Å². The smallest absolute Gasteiger partial charge is 0.295 e. The number of hydrogen-bond acceptors (Lipinski definition) is 5. The first kappa shape index (κ1) is 28.9. The number of amides is 1. The van der Waals surface area contributed by atoms with Gasteiger partial charge in [-0.1, -0.05) is 71.0 Å². The lowest BCUT2D eigenvalue weighted by Gasteiger charge is -2.27. The van der Waals surface area contributed by atoms with Crippen molar-refractivity contribution in [1.82, 2.24) is 4.90 Å². The van der Waals surface area contributed by atoms with Gasteiger partial charge in [0.1, 0.15) is 17.3 Å². The molecule has 1 aliphatic heterocycles. The van der Waals surface area contributed by atoms with Crippen LogP contribution >= 0.6 is 0 Å². The predicted octanol–water partition coefficient (Wildman–Crippen LogP) is 7.04. The number of carbonyl (C=O) groups is 2. The van der Waals surface area contributed by atoms with Gasteiger partial charge in [0.05, 0.1) is 24.8 Å². The first-order valence-corrected chi connectivity index (χ1v) is 13.8. The van der Waals surface area contributed by atoms with Crippen molar-refractivity contribution in [2.75, 3.05) is 13.2 Å². The van der Waals surface area contributed by atoms with E-state index in [4.69, 9.17) is 9.47 Å². The molecule has 1 amide bonds.